The van der Waals surface area contributed by atoms with E-state index in [0.29, 0.717) is 49.5 Å². The van der Waals surface area contributed by atoms with Gasteiger partial charge in [-0.2, -0.15) is 0 Å². The molecule has 4 rings (SSSR count). The number of amides is 1. The molecule has 144 valence electrons. The maximum atomic E-state index is 13.9. The number of benzene rings is 1. The highest BCUT2D eigenvalue weighted by atomic mass is 19.1. The van der Waals surface area contributed by atoms with Crippen molar-refractivity contribution >= 4 is 11.6 Å². The van der Waals surface area contributed by atoms with Crippen molar-refractivity contribution in [2.45, 2.75) is 19.4 Å². The lowest BCUT2D eigenvalue weighted by atomic mass is 10.2. The number of carbonyl (C=O) groups is 1. The van der Waals surface area contributed by atoms with Gasteiger partial charge in [0.1, 0.15) is 17.4 Å². The van der Waals surface area contributed by atoms with Crippen molar-refractivity contribution in [1.82, 2.24) is 14.9 Å². The number of pyridine rings is 1. The molecule has 0 bridgehead atoms. The number of hydrogen-bond acceptors (Lipinski definition) is 5. The summed E-state index contributed by atoms with van der Waals surface area (Å²) in [7, 11) is 0. The Hall–Kier alpha value is -3.13. The van der Waals surface area contributed by atoms with Gasteiger partial charge in [-0.3, -0.25) is 14.7 Å². The molecule has 0 atom stereocenters. The van der Waals surface area contributed by atoms with Gasteiger partial charge in [-0.25, -0.2) is 13.8 Å². The number of fused-ring (bicyclic) bond motifs is 1. The molecule has 3 aromatic rings. The number of nitrogens with zero attached hydrogens (tertiary/aromatic N) is 3. The molecule has 28 heavy (non-hydrogen) atoms. The predicted octanol–water partition coefficient (Wildman–Crippen LogP) is 3.20. The van der Waals surface area contributed by atoms with Crippen molar-refractivity contribution < 1.29 is 18.0 Å². The number of hydrogen-bond donors (Lipinski definition) is 1. The van der Waals surface area contributed by atoms with Gasteiger partial charge in [0.25, 0.3) is 5.89 Å². The zero-order valence-electron chi connectivity index (χ0n) is 15.0. The third kappa shape index (κ3) is 4.07. The standard InChI is InChI=1S/C20H18F2N4O2/c21-14-4-3-13(16(22)10-14)12-26-8-5-17-18(6-9-26)28-20(25-17)19(27)24-15-2-1-7-23-11-15/h1-4,7,10-11H,5-6,8-9,12H2,(H,24,27). The van der Waals surface area contributed by atoms with Crippen LogP contribution in [0.15, 0.2) is 47.1 Å². The van der Waals surface area contributed by atoms with Gasteiger partial charge < -0.3 is 9.73 Å². The Morgan fingerprint density at radius 3 is 2.86 bits per heavy atom. The van der Waals surface area contributed by atoms with Crippen molar-refractivity contribution in [3.05, 3.63) is 77.3 Å². The van der Waals surface area contributed by atoms with Crippen molar-refractivity contribution in [2.24, 2.45) is 0 Å². The number of halogens is 2. The van der Waals surface area contributed by atoms with E-state index in [9.17, 15) is 13.6 Å². The molecule has 0 unspecified atom stereocenters. The average Bonchev–Trinajstić information content (AvgIpc) is 3.01. The van der Waals surface area contributed by atoms with Crippen LogP contribution in [0.25, 0.3) is 0 Å². The van der Waals surface area contributed by atoms with Crippen LogP contribution < -0.4 is 5.32 Å². The summed E-state index contributed by atoms with van der Waals surface area (Å²) in [5, 5.41) is 2.69. The van der Waals surface area contributed by atoms with Gasteiger partial charge in [0.05, 0.1) is 17.6 Å². The minimum Gasteiger partial charge on any atom is -0.437 e. The van der Waals surface area contributed by atoms with Crippen LogP contribution in [-0.4, -0.2) is 33.9 Å². The van der Waals surface area contributed by atoms with Crippen molar-refractivity contribution in [1.29, 1.82) is 0 Å². The first-order chi connectivity index (χ1) is 13.6. The smallest absolute Gasteiger partial charge is 0.311 e. The van der Waals surface area contributed by atoms with Crippen molar-refractivity contribution in [2.75, 3.05) is 18.4 Å². The van der Waals surface area contributed by atoms with Crippen molar-refractivity contribution in [3.8, 4) is 0 Å². The van der Waals surface area contributed by atoms with Crippen LogP contribution in [0.3, 0.4) is 0 Å². The first kappa shape index (κ1) is 18.2. The van der Waals surface area contributed by atoms with E-state index in [1.54, 1.807) is 18.3 Å². The average molecular weight is 384 g/mol. The summed E-state index contributed by atoms with van der Waals surface area (Å²) in [6, 6.07) is 7.07. The van der Waals surface area contributed by atoms with E-state index < -0.39 is 17.5 Å². The minimum absolute atomic E-state index is 0.0203. The molecule has 0 aliphatic carbocycles. The predicted molar refractivity (Wildman–Crippen MR) is 97.7 cm³/mol. The summed E-state index contributed by atoms with van der Waals surface area (Å²) < 4.78 is 32.6. The summed E-state index contributed by atoms with van der Waals surface area (Å²) >= 11 is 0. The monoisotopic (exact) mass is 384 g/mol. The fourth-order valence-electron chi connectivity index (χ4n) is 3.18. The van der Waals surface area contributed by atoms with E-state index >= 15 is 0 Å². The summed E-state index contributed by atoms with van der Waals surface area (Å²) in [6.07, 6.45) is 4.30. The third-order valence-electron chi connectivity index (χ3n) is 4.62. The van der Waals surface area contributed by atoms with E-state index in [-0.39, 0.29) is 5.89 Å². The van der Waals surface area contributed by atoms with Gasteiger partial charge in [0, 0.05) is 50.3 Å². The lowest BCUT2D eigenvalue weighted by molar-refractivity contribution is 0.0988. The number of carbonyl (C=O) groups excluding carboxylic acids is 1. The highest BCUT2D eigenvalue weighted by Crippen LogP contribution is 2.20. The second-order valence-electron chi connectivity index (χ2n) is 6.60. The van der Waals surface area contributed by atoms with E-state index in [0.717, 1.165) is 11.8 Å². The van der Waals surface area contributed by atoms with E-state index in [1.165, 1.54) is 18.3 Å². The Labute approximate surface area is 160 Å². The molecule has 1 aliphatic heterocycles. The second kappa shape index (κ2) is 7.85. The fraction of sp³-hybridized carbons (Fsp3) is 0.250. The highest BCUT2D eigenvalue weighted by Gasteiger charge is 2.23. The third-order valence-corrected chi connectivity index (χ3v) is 4.62. The number of oxazole rings is 1. The maximum Gasteiger partial charge on any atom is 0.311 e. The van der Waals surface area contributed by atoms with Gasteiger partial charge in [0.2, 0.25) is 0 Å². The fourth-order valence-corrected chi connectivity index (χ4v) is 3.18. The van der Waals surface area contributed by atoms with Gasteiger partial charge in [-0.05, 0) is 18.2 Å². The van der Waals surface area contributed by atoms with Gasteiger partial charge in [0.15, 0.2) is 0 Å². The van der Waals surface area contributed by atoms with Crippen LogP contribution in [0.5, 0.6) is 0 Å². The van der Waals surface area contributed by atoms with Crippen LogP contribution in [0, 0.1) is 11.6 Å². The van der Waals surface area contributed by atoms with Gasteiger partial charge in [-0.1, -0.05) is 6.07 Å². The minimum atomic E-state index is -0.586. The lowest BCUT2D eigenvalue weighted by Crippen LogP contribution is -2.26. The number of rotatable bonds is 4. The lowest BCUT2D eigenvalue weighted by Gasteiger charge is -2.19. The molecule has 2 aromatic heterocycles. The normalized spacial score (nSPS) is 14.4. The molecule has 1 amide bonds. The zero-order chi connectivity index (χ0) is 19.5. The molecule has 0 saturated heterocycles. The highest BCUT2D eigenvalue weighted by molar-refractivity contribution is 6.00. The summed E-state index contributed by atoms with van der Waals surface area (Å²) in [5.74, 6) is -0.873. The molecule has 1 aliphatic rings. The van der Waals surface area contributed by atoms with E-state index in [1.807, 2.05) is 0 Å². The Morgan fingerprint density at radius 2 is 2.07 bits per heavy atom. The Balaban J connectivity index is 1.40. The van der Waals surface area contributed by atoms with E-state index in [2.05, 4.69) is 20.2 Å². The molecule has 3 heterocycles. The molecule has 1 N–H and O–H groups in total. The first-order valence-electron chi connectivity index (χ1n) is 8.95. The van der Waals surface area contributed by atoms with Crippen LogP contribution in [0.4, 0.5) is 14.5 Å². The summed E-state index contributed by atoms with van der Waals surface area (Å²) in [6.45, 7) is 1.65. The molecule has 0 radical (unpaired) electrons. The molecular formula is C20H18F2N4O2. The van der Waals surface area contributed by atoms with Gasteiger partial charge in [-0.15, -0.1) is 0 Å². The number of aromatic nitrogens is 2. The molecule has 6 nitrogen and oxygen atoms in total. The van der Waals surface area contributed by atoms with Crippen LogP contribution in [-0.2, 0) is 19.4 Å². The topological polar surface area (TPSA) is 71.3 Å². The second-order valence-corrected chi connectivity index (χ2v) is 6.60. The first-order valence-corrected chi connectivity index (χ1v) is 8.95. The molecule has 0 saturated carbocycles. The maximum absolute atomic E-state index is 13.9. The molecule has 1 aromatic carbocycles. The number of nitrogens with one attached hydrogen (secondary N) is 1. The van der Waals surface area contributed by atoms with Crippen LogP contribution >= 0.6 is 0 Å². The van der Waals surface area contributed by atoms with Crippen LogP contribution in [0.1, 0.15) is 27.7 Å². The quantitative estimate of drug-likeness (QED) is 0.748. The van der Waals surface area contributed by atoms with Crippen molar-refractivity contribution in [3.63, 3.8) is 0 Å². The molecule has 8 heteroatoms. The molecular weight excluding hydrogens is 366 g/mol. The summed E-state index contributed by atoms with van der Waals surface area (Å²) in [5.41, 5.74) is 1.75. The number of anilines is 1. The van der Waals surface area contributed by atoms with Gasteiger partial charge >= 0.3 is 5.91 Å². The molecule has 0 spiro atoms. The van der Waals surface area contributed by atoms with Crippen LogP contribution in [0.2, 0.25) is 0 Å². The Bertz CT molecular complexity index is 966. The zero-order valence-corrected chi connectivity index (χ0v) is 15.0. The largest absolute Gasteiger partial charge is 0.437 e. The molecule has 0 fully saturated rings. The van der Waals surface area contributed by atoms with E-state index in [4.69, 9.17) is 4.42 Å². The SMILES string of the molecule is O=C(Nc1cccnc1)c1nc2c(o1)CCN(Cc1ccc(F)cc1F)CC2. The Kier molecular flexibility index (Phi) is 5.12. The Morgan fingerprint density at radius 1 is 1.21 bits per heavy atom. The summed E-state index contributed by atoms with van der Waals surface area (Å²) in [4.78, 5) is 22.6.